The number of aromatic hydroxyl groups is 2. The minimum atomic E-state index is -1.22. The fourth-order valence-corrected chi connectivity index (χ4v) is 5.24. The molecule has 2 aromatic carbocycles. The first kappa shape index (κ1) is 48.3. The standard InChI is InChI=1S/C38H60N2O16/c1-47-11-13-51-15-17-53-19-21-55-27-33(37(43)44)39(25-29-23-31(49-3)5-7-35(29)41)9-10-40(26-30-24-32(50-4)6-8-36(30)42)34(38(45)46)28-56-22-20-54-18-16-52-14-12-48-2/h5-8,23-24,33-34,41-42H,9-22,25-28H2,1-4H3,(H,43,44)(H,45,46). The summed E-state index contributed by atoms with van der Waals surface area (Å²) in [5.41, 5.74) is 0.762. The van der Waals surface area contributed by atoms with E-state index in [-0.39, 0.29) is 77.3 Å². The van der Waals surface area contributed by atoms with Crippen molar-refractivity contribution in [2.45, 2.75) is 25.2 Å². The van der Waals surface area contributed by atoms with Crippen LogP contribution < -0.4 is 9.47 Å². The van der Waals surface area contributed by atoms with Crippen molar-refractivity contribution in [3.8, 4) is 23.0 Å². The van der Waals surface area contributed by atoms with E-state index in [1.807, 2.05) is 0 Å². The first-order chi connectivity index (χ1) is 27.1. The lowest BCUT2D eigenvalue weighted by Gasteiger charge is -2.34. The number of hydrogen-bond donors (Lipinski definition) is 4. The van der Waals surface area contributed by atoms with Gasteiger partial charge in [-0.05, 0) is 36.4 Å². The lowest BCUT2D eigenvalue weighted by molar-refractivity contribution is -0.149. The maximum atomic E-state index is 12.8. The molecule has 0 aliphatic carbocycles. The Morgan fingerprint density at radius 1 is 0.518 bits per heavy atom. The van der Waals surface area contributed by atoms with Gasteiger partial charge in [0.05, 0.1) is 107 Å². The molecule has 2 atom stereocenters. The molecule has 18 heteroatoms. The normalized spacial score (nSPS) is 12.6. The van der Waals surface area contributed by atoms with Gasteiger partial charge in [0.2, 0.25) is 0 Å². The molecule has 2 aromatic rings. The third-order valence-electron chi connectivity index (χ3n) is 8.35. The zero-order valence-corrected chi connectivity index (χ0v) is 32.9. The van der Waals surface area contributed by atoms with Crippen LogP contribution in [0.25, 0.3) is 0 Å². The van der Waals surface area contributed by atoms with Crippen LogP contribution in [0.2, 0.25) is 0 Å². The smallest absolute Gasteiger partial charge is 0.323 e. The van der Waals surface area contributed by atoms with E-state index in [1.54, 1.807) is 48.3 Å². The Hall–Kier alpha value is -3.82. The summed E-state index contributed by atoms with van der Waals surface area (Å²) < 4.78 is 53.8. The van der Waals surface area contributed by atoms with Crippen LogP contribution in [0.5, 0.6) is 23.0 Å². The van der Waals surface area contributed by atoms with Crippen LogP contribution in [0.1, 0.15) is 11.1 Å². The molecular weight excluding hydrogens is 740 g/mol. The highest BCUT2D eigenvalue weighted by atomic mass is 16.6. The van der Waals surface area contributed by atoms with E-state index in [4.69, 9.17) is 47.4 Å². The fraction of sp³-hybridized carbons (Fsp3) is 0.632. The monoisotopic (exact) mass is 800 g/mol. The Morgan fingerprint density at radius 2 is 0.839 bits per heavy atom. The Kier molecular flexibility index (Phi) is 25.4. The molecule has 2 rings (SSSR count). The molecule has 0 aliphatic rings. The molecule has 0 bridgehead atoms. The molecule has 0 aromatic heterocycles. The summed E-state index contributed by atoms with van der Waals surface area (Å²) in [6.45, 7) is 3.17. The van der Waals surface area contributed by atoms with Crippen molar-refractivity contribution in [2.24, 2.45) is 0 Å². The number of phenolic OH excluding ortho intramolecular Hbond substituents is 2. The molecule has 0 fully saturated rings. The number of carboxylic acid groups (broad SMARTS) is 2. The minimum Gasteiger partial charge on any atom is -0.508 e. The number of nitrogens with zero attached hydrogens (tertiary/aromatic N) is 2. The highest BCUT2D eigenvalue weighted by Gasteiger charge is 2.31. The number of carboxylic acids is 2. The van der Waals surface area contributed by atoms with Gasteiger partial charge in [-0.3, -0.25) is 19.4 Å². The average molecular weight is 801 g/mol. The summed E-state index contributed by atoms with van der Waals surface area (Å²) in [5.74, 6) is -1.66. The van der Waals surface area contributed by atoms with Gasteiger partial charge in [-0.15, -0.1) is 0 Å². The second-order valence-electron chi connectivity index (χ2n) is 12.2. The van der Waals surface area contributed by atoms with Gasteiger partial charge < -0.3 is 67.8 Å². The van der Waals surface area contributed by atoms with Crippen molar-refractivity contribution in [2.75, 3.05) is 134 Å². The Morgan fingerprint density at radius 3 is 1.14 bits per heavy atom. The average Bonchev–Trinajstić information content (AvgIpc) is 3.18. The molecule has 0 spiro atoms. The highest BCUT2D eigenvalue weighted by molar-refractivity contribution is 5.74. The number of ether oxygens (including phenoxy) is 10. The van der Waals surface area contributed by atoms with Gasteiger partial charge in [0.25, 0.3) is 0 Å². The van der Waals surface area contributed by atoms with Gasteiger partial charge in [-0.1, -0.05) is 0 Å². The Labute approximate surface area is 328 Å². The van der Waals surface area contributed by atoms with Crippen LogP contribution in [0, 0.1) is 0 Å². The molecule has 0 radical (unpaired) electrons. The van der Waals surface area contributed by atoms with Crippen molar-refractivity contribution < 1.29 is 77.4 Å². The van der Waals surface area contributed by atoms with Crippen LogP contribution >= 0.6 is 0 Å². The molecular formula is C38H60N2O16. The predicted octanol–water partition coefficient (Wildman–Crippen LogP) is 1.72. The summed E-state index contributed by atoms with van der Waals surface area (Å²) in [6.07, 6.45) is 0. The van der Waals surface area contributed by atoms with Crippen LogP contribution in [0.15, 0.2) is 36.4 Å². The van der Waals surface area contributed by atoms with Crippen LogP contribution in [-0.4, -0.2) is 188 Å². The lowest BCUT2D eigenvalue weighted by Crippen LogP contribution is -2.51. The fourth-order valence-electron chi connectivity index (χ4n) is 5.24. The van der Waals surface area contributed by atoms with E-state index in [2.05, 4.69) is 0 Å². The number of phenols is 2. The van der Waals surface area contributed by atoms with Gasteiger partial charge in [0, 0.05) is 51.5 Å². The summed E-state index contributed by atoms with van der Waals surface area (Å²) in [7, 11) is 6.11. The maximum absolute atomic E-state index is 12.8. The molecule has 0 aliphatic heterocycles. The number of rotatable bonds is 35. The number of carbonyl (C=O) groups is 2. The first-order valence-electron chi connectivity index (χ1n) is 18.2. The number of aliphatic carboxylic acids is 2. The van der Waals surface area contributed by atoms with E-state index in [1.165, 1.54) is 26.4 Å². The zero-order chi connectivity index (χ0) is 41.0. The van der Waals surface area contributed by atoms with E-state index in [0.717, 1.165) is 0 Å². The summed E-state index contributed by atoms with van der Waals surface area (Å²) >= 11 is 0. The predicted molar refractivity (Wildman–Crippen MR) is 202 cm³/mol. The van der Waals surface area contributed by atoms with E-state index in [9.17, 15) is 30.0 Å². The maximum Gasteiger partial charge on any atom is 0.323 e. The van der Waals surface area contributed by atoms with Crippen molar-refractivity contribution in [3.05, 3.63) is 47.5 Å². The van der Waals surface area contributed by atoms with E-state index >= 15 is 0 Å². The quantitative estimate of drug-likeness (QED) is 0.0731. The van der Waals surface area contributed by atoms with Crippen molar-refractivity contribution in [1.82, 2.24) is 9.80 Å². The SMILES string of the molecule is COCCOCCOCCOCC(C(=O)O)N(CCN(Cc1cc(OC)ccc1O)C(COCCOCCOCCOC)C(=O)O)Cc1cc(OC)ccc1O. The minimum absolute atomic E-state index is 0.00696. The van der Waals surface area contributed by atoms with Gasteiger partial charge in [0.1, 0.15) is 35.1 Å². The molecule has 2 unspecified atom stereocenters. The molecule has 0 heterocycles. The van der Waals surface area contributed by atoms with E-state index < -0.39 is 24.0 Å². The number of hydrogen-bond acceptors (Lipinski definition) is 16. The summed E-state index contributed by atoms with van der Waals surface area (Å²) in [6, 6.07) is 6.79. The van der Waals surface area contributed by atoms with E-state index in [0.29, 0.717) is 75.5 Å². The van der Waals surface area contributed by atoms with Crippen molar-refractivity contribution in [3.63, 3.8) is 0 Å². The van der Waals surface area contributed by atoms with Gasteiger partial charge in [-0.25, -0.2) is 0 Å². The van der Waals surface area contributed by atoms with Crippen LogP contribution in [0.3, 0.4) is 0 Å². The third-order valence-corrected chi connectivity index (χ3v) is 8.35. The highest BCUT2D eigenvalue weighted by Crippen LogP contribution is 2.27. The van der Waals surface area contributed by atoms with Gasteiger partial charge >= 0.3 is 11.9 Å². The summed E-state index contributed by atoms with van der Waals surface area (Å²) in [4.78, 5) is 28.7. The molecule has 0 saturated carbocycles. The molecule has 4 N–H and O–H groups in total. The van der Waals surface area contributed by atoms with Crippen LogP contribution in [-0.2, 0) is 60.6 Å². The first-order valence-corrected chi connectivity index (χ1v) is 18.2. The molecule has 0 amide bonds. The zero-order valence-electron chi connectivity index (χ0n) is 32.9. The Bertz CT molecular complexity index is 1270. The molecule has 318 valence electrons. The second kappa shape index (κ2) is 29.4. The third kappa shape index (κ3) is 19.4. The number of methoxy groups -OCH3 is 4. The topological polar surface area (TPSA) is 214 Å². The van der Waals surface area contributed by atoms with Crippen molar-refractivity contribution >= 4 is 11.9 Å². The van der Waals surface area contributed by atoms with Gasteiger partial charge in [0.15, 0.2) is 0 Å². The molecule has 56 heavy (non-hydrogen) atoms. The van der Waals surface area contributed by atoms with Crippen LogP contribution in [0.4, 0.5) is 0 Å². The molecule has 0 saturated heterocycles. The second-order valence-corrected chi connectivity index (χ2v) is 12.2. The van der Waals surface area contributed by atoms with Gasteiger partial charge in [-0.2, -0.15) is 0 Å². The molecule has 18 nitrogen and oxygen atoms in total. The largest absolute Gasteiger partial charge is 0.508 e. The van der Waals surface area contributed by atoms with Crippen molar-refractivity contribution in [1.29, 1.82) is 0 Å². The number of benzene rings is 2. The Balaban J connectivity index is 2.26. The lowest BCUT2D eigenvalue weighted by atomic mass is 10.1. The summed E-state index contributed by atoms with van der Waals surface area (Å²) in [5, 5.41) is 42.3.